The van der Waals surface area contributed by atoms with Gasteiger partial charge < -0.3 is 14.8 Å². The van der Waals surface area contributed by atoms with Gasteiger partial charge in [-0.3, -0.25) is 4.98 Å². The highest BCUT2D eigenvalue weighted by molar-refractivity contribution is 5.79. The third kappa shape index (κ3) is 3.72. The maximum atomic E-state index is 10.7. The molecule has 0 aliphatic rings. The van der Waals surface area contributed by atoms with Crippen molar-refractivity contribution in [2.75, 3.05) is 6.61 Å². The molecule has 0 saturated heterocycles. The first-order valence-electron chi connectivity index (χ1n) is 8.76. The molecule has 0 bridgehead atoms. The van der Waals surface area contributed by atoms with E-state index in [1.165, 1.54) is 11.1 Å². The molecule has 0 unspecified atom stereocenters. The van der Waals surface area contributed by atoms with Crippen molar-refractivity contribution < 1.29 is 14.6 Å². The third-order valence-electron chi connectivity index (χ3n) is 4.62. The molecule has 0 amide bonds. The largest absolute Gasteiger partial charge is 0.482 e. The fraction of sp³-hybridized carbons (Fsp3) is 0.333. The molecule has 5 heteroatoms. The second kappa shape index (κ2) is 7.20. The van der Waals surface area contributed by atoms with Gasteiger partial charge in [0.05, 0.1) is 11.0 Å². The number of rotatable bonds is 6. The number of nitrogens with one attached hydrogen (secondary N) is 1. The van der Waals surface area contributed by atoms with Crippen LogP contribution in [0, 0.1) is 13.8 Å². The minimum absolute atomic E-state index is 0.331. The third-order valence-corrected chi connectivity index (χ3v) is 4.62. The van der Waals surface area contributed by atoms with Crippen molar-refractivity contribution >= 4 is 17.0 Å². The molecule has 5 nitrogen and oxygen atoms in total. The molecule has 26 heavy (non-hydrogen) atoms. The summed E-state index contributed by atoms with van der Waals surface area (Å²) in [5.41, 5.74) is 7.69. The van der Waals surface area contributed by atoms with Crippen molar-refractivity contribution in [3.63, 3.8) is 0 Å². The van der Waals surface area contributed by atoms with Crippen molar-refractivity contribution in [3.8, 4) is 5.75 Å². The van der Waals surface area contributed by atoms with Crippen LogP contribution in [0.25, 0.3) is 11.0 Å². The van der Waals surface area contributed by atoms with Gasteiger partial charge in [-0.25, -0.2) is 4.79 Å². The summed E-state index contributed by atoms with van der Waals surface area (Å²) in [6, 6.07) is 7.91. The fourth-order valence-corrected chi connectivity index (χ4v) is 3.24. The molecule has 0 radical (unpaired) electrons. The van der Waals surface area contributed by atoms with Crippen LogP contribution in [-0.4, -0.2) is 27.7 Å². The zero-order chi connectivity index (χ0) is 18.8. The lowest BCUT2D eigenvalue weighted by molar-refractivity contribution is -0.139. The first-order valence-corrected chi connectivity index (χ1v) is 8.76. The molecule has 1 aromatic carbocycles. The standard InChI is InChI=1S/C21H24N2O3/c1-12(2)18-10-22-19-6-5-15(23-21(18)19)9-17-13(3)7-16(8-14(17)4)26-11-20(24)25/h5-8,10,12,22H,9,11H2,1-4H3,(H,24,25). The quantitative estimate of drug-likeness (QED) is 0.691. The number of aliphatic carboxylic acids is 1. The van der Waals surface area contributed by atoms with Crippen molar-refractivity contribution in [1.29, 1.82) is 0 Å². The van der Waals surface area contributed by atoms with Crippen LogP contribution < -0.4 is 4.74 Å². The van der Waals surface area contributed by atoms with E-state index in [-0.39, 0.29) is 6.61 Å². The molecular formula is C21H24N2O3. The minimum atomic E-state index is -0.977. The molecule has 0 fully saturated rings. The number of nitrogens with zero attached hydrogens (tertiary/aromatic N) is 1. The normalized spacial score (nSPS) is 11.3. The predicted octanol–water partition coefficient (Wildman–Crippen LogP) is 4.36. The summed E-state index contributed by atoms with van der Waals surface area (Å²) in [5, 5.41) is 8.76. The van der Waals surface area contributed by atoms with E-state index in [9.17, 15) is 4.79 Å². The number of ether oxygens (including phenoxy) is 1. The van der Waals surface area contributed by atoms with Crippen LogP contribution in [0.15, 0.2) is 30.5 Å². The van der Waals surface area contributed by atoms with Gasteiger partial charge in [0, 0.05) is 18.3 Å². The van der Waals surface area contributed by atoms with Crippen molar-refractivity contribution in [2.45, 2.75) is 40.0 Å². The summed E-state index contributed by atoms with van der Waals surface area (Å²) in [6.45, 7) is 8.04. The number of carboxylic acid groups (broad SMARTS) is 1. The first kappa shape index (κ1) is 18.0. The average Bonchev–Trinajstić information content (AvgIpc) is 2.99. The summed E-state index contributed by atoms with van der Waals surface area (Å²) in [7, 11) is 0. The smallest absolute Gasteiger partial charge is 0.341 e. The number of aromatic nitrogens is 2. The highest BCUT2D eigenvalue weighted by Gasteiger charge is 2.12. The topological polar surface area (TPSA) is 75.2 Å². The molecule has 0 aliphatic carbocycles. The Kier molecular flexibility index (Phi) is 4.98. The van der Waals surface area contributed by atoms with E-state index in [2.05, 4.69) is 31.0 Å². The molecule has 0 saturated carbocycles. The summed E-state index contributed by atoms with van der Waals surface area (Å²) in [6.07, 6.45) is 2.77. The lowest BCUT2D eigenvalue weighted by Gasteiger charge is -2.13. The molecule has 2 N–H and O–H groups in total. The highest BCUT2D eigenvalue weighted by Crippen LogP contribution is 2.27. The van der Waals surface area contributed by atoms with Crippen molar-refractivity contribution in [2.24, 2.45) is 0 Å². The first-order chi connectivity index (χ1) is 12.3. The zero-order valence-electron chi connectivity index (χ0n) is 15.6. The second-order valence-corrected chi connectivity index (χ2v) is 6.99. The Morgan fingerprint density at radius 2 is 1.92 bits per heavy atom. The van der Waals surface area contributed by atoms with E-state index < -0.39 is 5.97 Å². The number of H-pyrrole nitrogens is 1. The predicted molar refractivity (Wildman–Crippen MR) is 102 cm³/mol. The van der Waals surface area contributed by atoms with E-state index in [0.717, 1.165) is 34.3 Å². The molecule has 2 heterocycles. The van der Waals surface area contributed by atoms with Gasteiger partial charge in [-0.05, 0) is 66.3 Å². The van der Waals surface area contributed by atoms with Gasteiger partial charge in [0.2, 0.25) is 0 Å². The SMILES string of the molecule is Cc1cc(OCC(=O)O)cc(C)c1Cc1ccc2[nH]cc(C(C)C)c2n1. The molecule has 2 aromatic heterocycles. The number of aromatic amines is 1. The summed E-state index contributed by atoms with van der Waals surface area (Å²) in [5.74, 6) is 0.0253. The van der Waals surface area contributed by atoms with Crippen molar-refractivity contribution in [3.05, 3.63) is 58.4 Å². The van der Waals surface area contributed by atoms with E-state index in [1.807, 2.05) is 32.2 Å². The molecule has 136 valence electrons. The number of fused-ring (bicyclic) bond motifs is 1. The number of carbonyl (C=O) groups is 1. The minimum Gasteiger partial charge on any atom is -0.482 e. The van der Waals surface area contributed by atoms with Crippen LogP contribution in [0.4, 0.5) is 0 Å². The lowest BCUT2D eigenvalue weighted by Crippen LogP contribution is -2.10. The van der Waals surface area contributed by atoms with Gasteiger partial charge in [0.1, 0.15) is 5.75 Å². The van der Waals surface area contributed by atoms with Crippen LogP contribution in [0.2, 0.25) is 0 Å². The van der Waals surface area contributed by atoms with Crippen LogP contribution in [-0.2, 0) is 11.2 Å². The van der Waals surface area contributed by atoms with Crippen LogP contribution in [0.5, 0.6) is 5.75 Å². The van der Waals surface area contributed by atoms with E-state index in [0.29, 0.717) is 11.7 Å². The molecule has 3 aromatic rings. The van der Waals surface area contributed by atoms with Crippen LogP contribution in [0.1, 0.15) is 47.7 Å². The lowest BCUT2D eigenvalue weighted by atomic mass is 9.97. The highest BCUT2D eigenvalue weighted by atomic mass is 16.5. The average molecular weight is 352 g/mol. The van der Waals surface area contributed by atoms with Crippen LogP contribution >= 0.6 is 0 Å². The van der Waals surface area contributed by atoms with E-state index in [1.54, 1.807) is 0 Å². The monoisotopic (exact) mass is 352 g/mol. The number of pyridine rings is 1. The number of carboxylic acids is 1. The maximum Gasteiger partial charge on any atom is 0.341 e. The number of hydrogen-bond donors (Lipinski definition) is 2. The Bertz CT molecular complexity index is 934. The molecule has 3 rings (SSSR count). The Morgan fingerprint density at radius 3 is 2.54 bits per heavy atom. The Labute approximate surface area is 153 Å². The summed E-state index contributed by atoms with van der Waals surface area (Å²) >= 11 is 0. The zero-order valence-corrected chi connectivity index (χ0v) is 15.6. The number of aryl methyl sites for hydroxylation is 2. The van der Waals surface area contributed by atoms with Gasteiger partial charge >= 0.3 is 5.97 Å². The molecule has 0 spiro atoms. The van der Waals surface area contributed by atoms with Gasteiger partial charge in [-0.2, -0.15) is 0 Å². The van der Waals surface area contributed by atoms with Gasteiger partial charge in [-0.1, -0.05) is 13.8 Å². The summed E-state index contributed by atoms with van der Waals surface area (Å²) < 4.78 is 5.30. The molecule has 0 aliphatic heterocycles. The fourth-order valence-electron chi connectivity index (χ4n) is 3.24. The Morgan fingerprint density at radius 1 is 1.23 bits per heavy atom. The van der Waals surface area contributed by atoms with Gasteiger partial charge in [0.25, 0.3) is 0 Å². The van der Waals surface area contributed by atoms with Gasteiger partial charge in [-0.15, -0.1) is 0 Å². The summed E-state index contributed by atoms with van der Waals surface area (Å²) in [4.78, 5) is 18.8. The van der Waals surface area contributed by atoms with E-state index in [4.69, 9.17) is 14.8 Å². The van der Waals surface area contributed by atoms with Crippen molar-refractivity contribution in [1.82, 2.24) is 9.97 Å². The van der Waals surface area contributed by atoms with E-state index >= 15 is 0 Å². The molecular weight excluding hydrogens is 328 g/mol. The van der Waals surface area contributed by atoms with Crippen LogP contribution in [0.3, 0.4) is 0 Å². The second-order valence-electron chi connectivity index (χ2n) is 6.99. The number of benzene rings is 1. The maximum absolute atomic E-state index is 10.7. The Hall–Kier alpha value is -2.82. The molecule has 0 atom stereocenters. The number of hydrogen-bond acceptors (Lipinski definition) is 3. The van der Waals surface area contributed by atoms with Gasteiger partial charge in [0.15, 0.2) is 6.61 Å². The Balaban J connectivity index is 1.89.